The van der Waals surface area contributed by atoms with E-state index in [9.17, 15) is 0 Å². The first kappa shape index (κ1) is 8.52. The van der Waals surface area contributed by atoms with Crippen molar-refractivity contribution in [1.29, 1.82) is 0 Å². The molecule has 0 saturated heterocycles. The maximum absolute atomic E-state index is 5.96. The van der Waals surface area contributed by atoms with Crippen LogP contribution in [0.25, 0.3) is 0 Å². The minimum Gasteiger partial charge on any atom is -0.324 e. The van der Waals surface area contributed by atoms with E-state index >= 15 is 0 Å². The van der Waals surface area contributed by atoms with Crippen LogP contribution in [0.3, 0.4) is 0 Å². The highest BCUT2D eigenvalue weighted by Crippen LogP contribution is 2.51. The topological polar surface area (TPSA) is 38.0 Å². The van der Waals surface area contributed by atoms with Crippen LogP contribution in [0.2, 0.25) is 0 Å². The Morgan fingerprint density at radius 1 is 1.42 bits per heavy atom. The van der Waals surface area contributed by atoms with Gasteiger partial charge >= 0.3 is 0 Å². The highest BCUT2D eigenvalue weighted by molar-refractivity contribution is 5.02. The lowest BCUT2D eigenvalue weighted by molar-refractivity contribution is 0.494. The maximum atomic E-state index is 5.96. The summed E-state index contributed by atoms with van der Waals surface area (Å²) in [6, 6.07) is 0. The standard InChI is InChI=1S/C10H20N2/c1-9(2)5-8(9)6-12-7-10(11)3-4-10/h8,12H,3-7,11H2,1-2H3. The third-order valence-electron chi connectivity index (χ3n) is 3.48. The SMILES string of the molecule is CC1(C)CC1CNCC1(N)CC1. The van der Waals surface area contributed by atoms with Crippen LogP contribution in [-0.2, 0) is 0 Å². The second-order valence-corrected chi connectivity index (χ2v) is 5.38. The van der Waals surface area contributed by atoms with Crippen molar-refractivity contribution in [3.63, 3.8) is 0 Å². The molecule has 1 unspecified atom stereocenters. The molecule has 2 heteroatoms. The Morgan fingerprint density at radius 2 is 2.00 bits per heavy atom. The fourth-order valence-electron chi connectivity index (χ4n) is 1.76. The molecule has 0 aromatic heterocycles. The van der Waals surface area contributed by atoms with Gasteiger partial charge in [0.05, 0.1) is 0 Å². The van der Waals surface area contributed by atoms with Crippen LogP contribution in [0.1, 0.15) is 33.1 Å². The summed E-state index contributed by atoms with van der Waals surface area (Å²) in [6.07, 6.45) is 3.82. The number of hydrogen-bond acceptors (Lipinski definition) is 2. The molecule has 0 heterocycles. The molecule has 0 aromatic rings. The summed E-state index contributed by atoms with van der Waals surface area (Å²) in [4.78, 5) is 0. The van der Waals surface area contributed by atoms with E-state index in [4.69, 9.17) is 5.73 Å². The summed E-state index contributed by atoms with van der Waals surface area (Å²) >= 11 is 0. The zero-order valence-corrected chi connectivity index (χ0v) is 8.19. The Bertz CT molecular complexity index is 182. The molecular weight excluding hydrogens is 148 g/mol. The molecule has 2 fully saturated rings. The Balaban J connectivity index is 1.58. The van der Waals surface area contributed by atoms with Crippen LogP contribution >= 0.6 is 0 Å². The Labute approximate surface area is 74.9 Å². The van der Waals surface area contributed by atoms with Gasteiger partial charge in [0.25, 0.3) is 0 Å². The predicted octanol–water partition coefficient (Wildman–Crippen LogP) is 1.11. The third kappa shape index (κ3) is 1.80. The Morgan fingerprint density at radius 3 is 2.42 bits per heavy atom. The molecule has 2 saturated carbocycles. The quantitative estimate of drug-likeness (QED) is 0.660. The average molecular weight is 168 g/mol. The molecule has 2 nitrogen and oxygen atoms in total. The van der Waals surface area contributed by atoms with Crippen LogP contribution in [0.5, 0.6) is 0 Å². The van der Waals surface area contributed by atoms with Crippen molar-refractivity contribution in [3.05, 3.63) is 0 Å². The van der Waals surface area contributed by atoms with Gasteiger partial charge in [-0.1, -0.05) is 13.8 Å². The average Bonchev–Trinajstić information content (AvgIpc) is 2.78. The fraction of sp³-hybridized carbons (Fsp3) is 1.00. The van der Waals surface area contributed by atoms with Gasteiger partial charge in [0.2, 0.25) is 0 Å². The van der Waals surface area contributed by atoms with Gasteiger partial charge in [-0.05, 0) is 37.1 Å². The van der Waals surface area contributed by atoms with Gasteiger partial charge in [-0.2, -0.15) is 0 Å². The van der Waals surface area contributed by atoms with Crippen molar-refractivity contribution >= 4 is 0 Å². The van der Waals surface area contributed by atoms with E-state index in [0.717, 1.165) is 12.5 Å². The fourth-order valence-corrected chi connectivity index (χ4v) is 1.76. The number of rotatable bonds is 4. The number of nitrogens with one attached hydrogen (secondary N) is 1. The van der Waals surface area contributed by atoms with Gasteiger partial charge in [0.15, 0.2) is 0 Å². The molecule has 3 N–H and O–H groups in total. The van der Waals surface area contributed by atoms with Gasteiger partial charge in [-0.3, -0.25) is 0 Å². The van der Waals surface area contributed by atoms with Crippen molar-refractivity contribution in [2.24, 2.45) is 17.1 Å². The van der Waals surface area contributed by atoms with Gasteiger partial charge < -0.3 is 11.1 Å². The van der Waals surface area contributed by atoms with Gasteiger partial charge in [-0.15, -0.1) is 0 Å². The molecule has 2 aliphatic rings. The Hall–Kier alpha value is -0.0800. The van der Waals surface area contributed by atoms with Crippen LogP contribution < -0.4 is 11.1 Å². The summed E-state index contributed by atoms with van der Waals surface area (Å²) in [7, 11) is 0. The van der Waals surface area contributed by atoms with E-state index in [0.29, 0.717) is 5.41 Å². The molecule has 0 bridgehead atoms. The maximum Gasteiger partial charge on any atom is 0.0282 e. The lowest BCUT2D eigenvalue weighted by Gasteiger charge is -2.10. The highest BCUT2D eigenvalue weighted by atomic mass is 15.0. The van der Waals surface area contributed by atoms with Crippen molar-refractivity contribution in [3.8, 4) is 0 Å². The van der Waals surface area contributed by atoms with Gasteiger partial charge in [-0.25, -0.2) is 0 Å². The van der Waals surface area contributed by atoms with Gasteiger partial charge in [0.1, 0.15) is 0 Å². The minimum absolute atomic E-state index is 0.180. The first-order chi connectivity index (χ1) is 5.52. The van der Waals surface area contributed by atoms with Crippen molar-refractivity contribution in [2.75, 3.05) is 13.1 Å². The zero-order chi connectivity index (χ0) is 8.82. The van der Waals surface area contributed by atoms with Crippen LogP contribution in [0.15, 0.2) is 0 Å². The van der Waals surface area contributed by atoms with E-state index in [1.807, 2.05) is 0 Å². The van der Waals surface area contributed by atoms with Crippen molar-refractivity contribution < 1.29 is 0 Å². The smallest absolute Gasteiger partial charge is 0.0282 e. The molecule has 0 aliphatic heterocycles. The molecule has 0 radical (unpaired) electrons. The van der Waals surface area contributed by atoms with E-state index in [1.54, 1.807) is 0 Å². The van der Waals surface area contributed by atoms with E-state index in [1.165, 1.54) is 25.8 Å². The summed E-state index contributed by atoms with van der Waals surface area (Å²) in [6.45, 7) is 6.88. The lowest BCUT2D eigenvalue weighted by Crippen LogP contribution is -2.37. The molecule has 2 aliphatic carbocycles. The molecule has 12 heavy (non-hydrogen) atoms. The van der Waals surface area contributed by atoms with Crippen molar-refractivity contribution in [1.82, 2.24) is 5.32 Å². The largest absolute Gasteiger partial charge is 0.324 e. The second-order valence-electron chi connectivity index (χ2n) is 5.38. The van der Waals surface area contributed by atoms with Crippen LogP contribution in [-0.4, -0.2) is 18.6 Å². The molecule has 0 aromatic carbocycles. The normalized spacial score (nSPS) is 34.8. The number of nitrogens with two attached hydrogens (primary N) is 1. The lowest BCUT2D eigenvalue weighted by atomic mass is 10.1. The van der Waals surface area contributed by atoms with E-state index in [2.05, 4.69) is 19.2 Å². The zero-order valence-electron chi connectivity index (χ0n) is 8.19. The molecule has 1 atom stereocenters. The first-order valence-electron chi connectivity index (χ1n) is 5.02. The summed E-state index contributed by atoms with van der Waals surface area (Å²) in [5.74, 6) is 0.903. The third-order valence-corrected chi connectivity index (χ3v) is 3.48. The number of hydrogen-bond donors (Lipinski definition) is 2. The summed E-state index contributed by atoms with van der Waals surface area (Å²) < 4.78 is 0. The predicted molar refractivity (Wildman–Crippen MR) is 50.9 cm³/mol. The minimum atomic E-state index is 0.180. The highest BCUT2D eigenvalue weighted by Gasteiger charge is 2.45. The first-order valence-corrected chi connectivity index (χ1v) is 5.02. The molecule has 0 spiro atoms. The van der Waals surface area contributed by atoms with Crippen LogP contribution in [0.4, 0.5) is 0 Å². The molecule has 70 valence electrons. The van der Waals surface area contributed by atoms with Gasteiger partial charge in [0, 0.05) is 12.1 Å². The molecule has 2 rings (SSSR count). The van der Waals surface area contributed by atoms with Crippen LogP contribution in [0, 0.1) is 11.3 Å². The summed E-state index contributed by atoms with van der Waals surface area (Å²) in [5.41, 5.74) is 6.75. The summed E-state index contributed by atoms with van der Waals surface area (Å²) in [5, 5.41) is 3.48. The Kier molecular flexibility index (Phi) is 1.74. The molecular formula is C10H20N2. The van der Waals surface area contributed by atoms with E-state index in [-0.39, 0.29) is 5.54 Å². The van der Waals surface area contributed by atoms with Crippen molar-refractivity contribution in [2.45, 2.75) is 38.6 Å². The van der Waals surface area contributed by atoms with E-state index < -0.39 is 0 Å². The second kappa shape index (κ2) is 2.46. The monoisotopic (exact) mass is 168 g/mol. The molecule has 0 amide bonds.